The highest BCUT2D eigenvalue weighted by Gasteiger charge is 2.18. The summed E-state index contributed by atoms with van der Waals surface area (Å²) >= 11 is 0. The summed E-state index contributed by atoms with van der Waals surface area (Å²) in [6.45, 7) is 10.7. The van der Waals surface area contributed by atoms with Gasteiger partial charge >= 0.3 is 0 Å². The van der Waals surface area contributed by atoms with Crippen molar-refractivity contribution in [2.45, 2.75) is 72.3 Å². The average Bonchev–Trinajstić information content (AvgIpc) is 2.21. The van der Waals surface area contributed by atoms with Gasteiger partial charge in [-0.1, -0.05) is 19.3 Å². The van der Waals surface area contributed by atoms with Crippen LogP contribution < -0.4 is 0 Å². The standard InChI is InChI=1S/C14H28N2O/c1-13(2,3)16(17)11-9-7-6-8-10-14(4,5)12-15/h17H,6-11H2,1-5H3. The van der Waals surface area contributed by atoms with Gasteiger partial charge in [0.2, 0.25) is 0 Å². The van der Waals surface area contributed by atoms with Crippen LogP contribution >= 0.6 is 0 Å². The Morgan fingerprint density at radius 1 is 1.00 bits per heavy atom. The topological polar surface area (TPSA) is 47.3 Å². The number of hydroxylamine groups is 2. The minimum absolute atomic E-state index is 0.164. The van der Waals surface area contributed by atoms with Gasteiger partial charge in [0.15, 0.2) is 0 Å². The van der Waals surface area contributed by atoms with Gasteiger partial charge in [-0.15, -0.1) is 0 Å². The summed E-state index contributed by atoms with van der Waals surface area (Å²) in [4.78, 5) is 0. The number of hydrogen-bond acceptors (Lipinski definition) is 3. The van der Waals surface area contributed by atoms with Crippen molar-refractivity contribution in [3.8, 4) is 6.07 Å². The van der Waals surface area contributed by atoms with Crippen LogP contribution in [-0.4, -0.2) is 22.4 Å². The summed E-state index contributed by atoms with van der Waals surface area (Å²) in [5.74, 6) is 0. The third kappa shape index (κ3) is 8.18. The molecule has 0 rings (SSSR count). The Bertz CT molecular complexity index is 248. The molecule has 0 aliphatic carbocycles. The molecular formula is C14H28N2O. The van der Waals surface area contributed by atoms with E-state index in [0.29, 0.717) is 0 Å². The van der Waals surface area contributed by atoms with Crippen molar-refractivity contribution in [2.24, 2.45) is 5.41 Å². The minimum Gasteiger partial charge on any atom is -0.313 e. The Hall–Kier alpha value is -0.590. The van der Waals surface area contributed by atoms with Crippen molar-refractivity contribution < 1.29 is 5.21 Å². The second-order valence-electron chi connectivity index (χ2n) is 6.45. The van der Waals surface area contributed by atoms with E-state index in [0.717, 1.165) is 38.6 Å². The first-order valence-electron chi connectivity index (χ1n) is 6.57. The van der Waals surface area contributed by atoms with Crippen LogP contribution in [0.25, 0.3) is 0 Å². The Morgan fingerprint density at radius 3 is 2.00 bits per heavy atom. The molecule has 0 aliphatic rings. The van der Waals surface area contributed by atoms with E-state index in [2.05, 4.69) is 6.07 Å². The van der Waals surface area contributed by atoms with Gasteiger partial charge in [-0.2, -0.15) is 10.3 Å². The zero-order valence-corrected chi connectivity index (χ0v) is 12.1. The van der Waals surface area contributed by atoms with Crippen LogP contribution in [0.15, 0.2) is 0 Å². The highest BCUT2D eigenvalue weighted by molar-refractivity contribution is 4.91. The monoisotopic (exact) mass is 240 g/mol. The molecule has 0 aromatic carbocycles. The summed E-state index contributed by atoms with van der Waals surface area (Å²) in [6.07, 6.45) is 5.34. The normalized spacial score (nSPS) is 12.8. The number of nitriles is 1. The van der Waals surface area contributed by atoms with Crippen molar-refractivity contribution >= 4 is 0 Å². The lowest BCUT2D eigenvalue weighted by atomic mass is 9.89. The summed E-state index contributed by atoms with van der Waals surface area (Å²) in [7, 11) is 0. The fourth-order valence-corrected chi connectivity index (χ4v) is 1.57. The highest BCUT2D eigenvalue weighted by atomic mass is 16.5. The molecule has 0 aliphatic heterocycles. The van der Waals surface area contributed by atoms with Crippen molar-refractivity contribution in [1.82, 2.24) is 5.06 Å². The smallest absolute Gasteiger partial charge is 0.0683 e. The van der Waals surface area contributed by atoms with Gasteiger partial charge < -0.3 is 5.21 Å². The first-order valence-corrected chi connectivity index (χ1v) is 6.57. The number of nitrogens with zero attached hydrogens (tertiary/aromatic N) is 2. The third-order valence-electron chi connectivity index (χ3n) is 3.00. The largest absolute Gasteiger partial charge is 0.313 e. The van der Waals surface area contributed by atoms with Gasteiger partial charge in [0.25, 0.3) is 0 Å². The van der Waals surface area contributed by atoms with Gasteiger partial charge in [0, 0.05) is 12.1 Å². The lowest BCUT2D eigenvalue weighted by Crippen LogP contribution is -2.39. The lowest BCUT2D eigenvalue weighted by molar-refractivity contribution is -0.156. The van der Waals surface area contributed by atoms with Crippen LogP contribution in [0.5, 0.6) is 0 Å². The predicted molar refractivity (Wildman–Crippen MR) is 70.7 cm³/mol. The summed E-state index contributed by atoms with van der Waals surface area (Å²) < 4.78 is 0. The maximum atomic E-state index is 9.70. The van der Waals surface area contributed by atoms with E-state index < -0.39 is 0 Å². The lowest BCUT2D eigenvalue weighted by Gasteiger charge is -2.29. The molecular weight excluding hydrogens is 212 g/mol. The molecule has 3 heteroatoms. The van der Waals surface area contributed by atoms with Crippen LogP contribution in [-0.2, 0) is 0 Å². The zero-order valence-electron chi connectivity index (χ0n) is 12.1. The van der Waals surface area contributed by atoms with E-state index in [-0.39, 0.29) is 11.0 Å². The summed E-state index contributed by atoms with van der Waals surface area (Å²) in [5.41, 5.74) is -0.350. The summed E-state index contributed by atoms with van der Waals surface area (Å²) in [5, 5.41) is 20.0. The SMILES string of the molecule is CC(C)(C#N)CCCCCCN(O)C(C)(C)C. The molecule has 0 aromatic rings. The Balaban J connectivity index is 3.52. The quantitative estimate of drug-likeness (QED) is 0.541. The molecule has 0 fully saturated rings. The van der Waals surface area contributed by atoms with E-state index in [9.17, 15) is 5.21 Å². The van der Waals surface area contributed by atoms with Gasteiger partial charge in [0.1, 0.15) is 0 Å². The molecule has 0 radical (unpaired) electrons. The van der Waals surface area contributed by atoms with Gasteiger partial charge in [0.05, 0.1) is 11.5 Å². The average molecular weight is 240 g/mol. The van der Waals surface area contributed by atoms with E-state index in [1.165, 1.54) is 5.06 Å². The van der Waals surface area contributed by atoms with Gasteiger partial charge in [-0.25, -0.2) is 0 Å². The Labute approximate surface area is 106 Å². The predicted octanol–water partition coefficient (Wildman–Crippen LogP) is 3.98. The van der Waals surface area contributed by atoms with Crippen LogP contribution in [0.4, 0.5) is 0 Å². The van der Waals surface area contributed by atoms with Gasteiger partial charge in [-0.05, 0) is 47.5 Å². The molecule has 0 atom stereocenters. The number of unbranched alkanes of at least 4 members (excludes halogenated alkanes) is 3. The van der Waals surface area contributed by atoms with Crippen molar-refractivity contribution in [2.75, 3.05) is 6.54 Å². The van der Waals surface area contributed by atoms with E-state index in [1.54, 1.807) is 0 Å². The molecule has 3 nitrogen and oxygen atoms in total. The third-order valence-corrected chi connectivity index (χ3v) is 3.00. The molecule has 0 unspecified atom stereocenters. The fourth-order valence-electron chi connectivity index (χ4n) is 1.57. The highest BCUT2D eigenvalue weighted by Crippen LogP contribution is 2.22. The molecule has 1 N–H and O–H groups in total. The zero-order chi connectivity index (χ0) is 13.5. The summed E-state index contributed by atoms with van der Waals surface area (Å²) in [6, 6.07) is 2.32. The molecule has 0 saturated heterocycles. The first-order chi connectivity index (χ1) is 7.69. The van der Waals surface area contributed by atoms with Crippen molar-refractivity contribution in [3.63, 3.8) is 0 Å². The second kappa shape index (κ2) is 6.98. The molecule has 0 heterocycles. The van der Waals surface area contributed by atoms with Gasteiger partial charge in [-0.3, -0.25) is 0 Å². The molecule has 0 aromatic heterocycles. The maximum Gasteiger partial charge on any atom is 0.0683 e. The Morgan fingerprint density at radius 2 is 1.53 bits per heavy atom. The minimum atomic E-state index is -0.186. The molecule has 17 heavy (non-hydrogen) atoms. The molecule has 100 valence electrons. The molecule has 0 bridgehead atoms. The second-order valence-corrected chi connectivity index (χ2v) is 6.45. The van der Waals surface area contributed by atoms with Crippen molar-refractivity contribution in [3.05, 3.63) is 0 Å². The molecule has 0 spiro atoms. The first kappa shape index (κ1) is 16.4. The van der Waals surface area contributed by atoms with Crippen LogP contribution in [0.2, 0.25) is 0 Å². The van der Waals surface area contributed by atoms with E-state index in [4.69, 9.17) is 5.26 Å². The maximum absolute atomic E-state index is 9.70. The number of hydrogen-bond donors (Lipinski definition) is 1. The Kier molecular flexibility index (Phi) is 6.74. The fraction of sp³-hybridized carbons (Fsp3) is 0.929. The van der Waals surface area contributed by atoms with Crippen LogP contribution in [0.3, 0.4) is 0 Å². The van der Waals surface area contributed by atoms with Crippen LogP contribution in [0, 0.1) is 16.7 Å². The molecule has 0 saturated carbocycles. The van der Waals surface area contributed by atoms with E-state index >= 15 is 0 Å². The molecule has 0 amide bonds. The van der Waals surface area contributed by atoms with Crippen LogP contribution in [0.1, 0.15) is 66.7 Å². The van der Waals surface area contributed by atoms with E-state index in [1.807, 2.05) is 34.6 Å². The number of rotatable bonds is 7. The van der Waals surface area contributed by atoms with Crippen molar-refractivity contribution in [1.29, 1.82) is 5.26 Å².